The highest BCUT2D eigenvalue weighted by atomic mass is 16.5. The van der Waals surface area contributed by atoms with E-state index in [-0.39, 0.29) is 0 Å². The Hall–Kier alpha value is -2.00. The Morgan fingerprint density at radius 2 is 1.40 bits per heavy atom. The largest absolute Gasteiger partial charge is 0.490 e. The van der Waals surface area contributed by atoms with Gasteiger partial charge in [-0.1, -0.05) is 52.8 Å². The van der Waals surface area contributed by atoms with Crippen LogP contribution in [0.25, 0.3) is 0 Å². The molecule has 0 unspecified atom stereocenters. The van der Waals surface area contributed by atoms with E-state index in [1.165, 1.54) is 22.3 Å². The predicted octanol–water partition coefficient (Wildman–Crippen LogP) is 7.03. The zero-order chi connectivity index (χ0) is 22.5. The molecule has 0 amide bonds. The minimum atomic E-state index is -0.460. The molecule has 0 aliphatic heterocycles. The van der Waals surface area contributed by atoms with Crippen molar-refractivity contribution in [3.05, 3.63) is 52.6 Å². The van der Waals surface area contributed by atoms with Crippen LogP contribution in [0.15, 0.2) is 30.3 Å². The van der Waals surface area contributed by atoms with Crippen LogP contribution in [0.2, 0.25) is 0 Å². The molecule has 0 saturated heterocycles. The molecule has 30 heavy (non-hydrogen) atoms. The Morgan fingerprint density at radius 3 is 1.87 bits per heavy atom. The van der Waals surface area contributed by atoms with E-state index in [1.807, 2.05) is 37.3 Å². The van der Waals surface area contributed by atoms with Crippen LogP contribution in [-0.2, 0) is 24.8 Å². The average Bonchev–Trinajstić information content (AvgIpc) is 2.65. The fourth-order valence-corrected chi connectivity index (χ4v) is 4.24. The summed E-state index contributed by atoms with van der Waals surface area (Å²) in [6.45, 7) is 18.1. The van der Waals surface area contributed by atoms with Gasteiger partial charge in [0.1, 0.15) is 5.75 Å². The summed E-state index contributed by atoms with van der Waals surface area (Å²) in [4.78, 5) is 0. The highest BCUT2D eigenvalue weighted by Crippen LogP contribution is 2.47. The predicted molar refractivity (Wildman–Crippen MR) is 128 cm³/mol. The lowest BCUT2D eigenvalue weighted by atomic mass is 9.78. The van der Waals surface area contributed by atoms with Crippen molar-refractivity contribution in [1.82, 2.24) is 0 Å². The van der Waals surface area contributed by atoms with Gasteiger partial charge in [-0.15, -0.1) is 0 Å². The SMILES string of the molecule is CCOc1c(CC)c(C(C)(C)N)c(CC(C)C)c(CC(C)C)c1Oc1ccccc1. The molecule has 3 nitrogen and oxygen atoms in total. The quantitative estimate of drug-likeness (QED) is 0.456. The van der Waals surface area contributed by atoms with Crippen molar-refractivity contribution in [2.75, 3.05) is 6.61 Å². The number of benzene rings is 2. The standard InChI is InChI=1S/C27H41NO2/c1-9-21-24(27(7,8)28)22(16-18(3)4)23(17-19(5)6)26(25(21)29-10-2)30-20-14-12-11-13-15-20/h11-15,18-19H,9-10,16-17,28H2,1-8H3. The third-order valence-corrected chi connectivity index (χ3v) is 5.20. The number of rotatable bonds is 10. The topological polar surface area (TPSA) is 44.5 Å². The molecule has 0 saturated carbocycles. The second kappa shape index (κ2) is 10.3. The first kappa shape index (κ1) is 24.3. The molecule has 0 aliphatic carbocycles. The summed E-state index contributed by atoms with van der Waals surface area (Å²) >= 11 is 0. The van der Waals surface area contributed by atoms with Gasteiger partial charge in [-0.2, -0.15) is 0 Å². The van der Waals surface area contributed by atoms with Crippen molar-refractivity contribution in [3.63, 3.8) is 0 Å². The number of para-hydroxylation sites is 1. The lowest BCUT2D eigenvalue weighted by Gasteiger charge is -2.33. The summed E-state index contributed by atoms with van der Waals surface area (Å²) in [5.41, 5.74) is 11.3. The molecular formula is C27H41NO2. The van der Waals surface area contributed by atoms with Crippen LogP contribution >= 0.6 is 0 Å². The molecule has 0 heterocycles. The van der Waals surface area contributed by atoms with Gasteiger partial charge in [-0.3, -0.25) is 0 Å². The second-order valence-electron chi connectivity index (χ2n) is 9.59. The Morgan fingerprint density at radius 1 is 0.833 bits per heavy atom. The first-order valence-electron chi connectivity index (χ1n) is 11.5. The monoisotopic (exact) mass is 411 g/mol. The fraction of sp³-hybridized carbons (Fsp3) is 0.556. The summed E-state index contributed by atoms with van der Waals surface area (Å²) in [6, 6.07) is 10.0. The number of nitrogens with two attached hydrogens (primary N) is 1. The van der Waals surface area contributed by atoms with Gasteiger partial charge in [0, 0.05) is 16.7 Å². The minimum Gasteiger partial charge on any atom is -0.490 e. The number of hydrogen-bond acceptors (Lipinski definition) is 3. The molecule has 0 aromatic heterocycles. The fourth-order valence-electron chi connectivity index (χ4n) is 4.24. The lowest BCUT2D eigenvalue weighted by Crippen LogP contribution is -2.33. The van der Waals surface area contributed by atoms with E-state index in [0.717, 1.165) is 36.5 Å². The second-order valence-corrected chi connectivity index (χ2v) is 9.59. The van der Waals surface area contributed by atoms with Crippen LogP contribution in [-0.4, -0.2) is 6.61 Å². The van der Waals surface area contributed by atoms with E-state index in [1.54, 1.807) is 0 Å². The van der Waals surface area contributed by atoms with Crippen molar-refractivity contribution in [2.45, 2.75) is 80.2 Å². The first-order chi connectivity index (χ1) is 14.1. The summed E-state index contributed by atoms with van der Waals surface area (Å²) in [6.07, 6.45) is 2.75. The third-order valence-electron chi connectivity index (χ3n) is 5.20. The van der Waals surface area contributed by atoms with Crippen molar-refractivity contribution in [2.24, 2.45) is 17.6 Å². The van der Waals surface area contributed by atoms with Crippen LogP contribution in [0, 0.1) is 11.8 Å². The normalized spacial score (nSPS) is 12.0. The van der Waals surface area contributed by atoms with Crippen LogP contribution in [0.5, 0.6) is 17.2 Å². The molecule has 0 bridgehead atoms. The van der Waals surface area contributed by atoms with Crippen molar-refractivity contribution in [3.8, 4) is 17.2 Å². The summed E-state index contributed by atoms with van der Waals surface area (Å²) in [5, 5.41) is 0. The summed E-state index contributed by atoms with van der Waals surface area (Å²) in [7, 11) is 0. The smallest absolute Gasteiger partial charge is 0.173 e. The third kappa shape index (κ3) is 5.78. The molecule has 0 radical (unpaired) electrons. The molecule has 166 valence electrons. The molecule has 0 spiro atoms. The minimum absolute atomic E-state index is 0.460. The summed E-state index contributed by atoms with van der Waals surface area (Å²) < 4.78 is 12.8. The molecule has 2 N–H and O–H groups in total. The van der Waals surface area contributed by atoms with Crippen LogP contribution in [0.3, 0.4) is 0 Å². The van der Waals surface area contributed by atoms with Gasteiger partial charge in [0.25, 0.3) is 0 Å². The maximum atomic E-state index is 6.78. The Bertz CT molecular complexity index is 817. The van der Waals surface area contributed by atoms with Crippen molar-refractivity contribution >= 4 is 0 Å². The van der Waals surface area contributed by atoms with Crippen molar-refractivity contribution < 1.29 is 9.47 Å². The molecular weight excluding hydrogens is 370 g/mol. The Balaban J connectivity index is 2.94. The van der Waals surface area contributed by atoms with E-state index >= 15 is 0 Å². The maximum absolute atomic E-state index is 6.78. The first-order valence-corrected chi connectivity index (χ1v) is 11.5. The van der Waals surface area contributed by atoms with Crippen LogP contribution in [0.4, 0.5) is 0 Å². The van der Waals surface area contributed by atoms with Gasteiger partial charge in [-0.05, 0) is 75.1 Å². The highest BCUT2D eigenvalue weighted by Gasteiger charge is 2.32. The number of ether oxygens (including phenoxy) is 2. The molecule has 2 rings (SSSR count). The average molecular weight is 412 g/mol. The molecule has 0 atom stereocenters. The zero-order valence-corrected chi connectivity index (χ0v) is 20.3. The molecule has 2 aromatic rings. The van der Waals surface area contributed by atoms with Gasteiger partial charge in [0.05, 0.1) is 6.61 Å². The molecule has 0 fully saturated rings. The molecule has 0 aliphatic rings. The molecule has 3 heteroatoms. The van der Waals surface area contributed by atoms with Crippen LogP contribution < -0.4 is 15.2 Å². The van der Waals surface area contributed by atoms with Gasteiger partial charge in [0.2, 0.25) is 0 Å². The van der Waals surface area contributed by atoms with Crippen molar-refractivity contribution in [1.29, 1.82) is 0 Å². The maximum Gasteiger partial charge on any atom is 0.173 e. The van der Waals surface area contributed by atoms with Gasteiger partial charge in [0.15, 0.2) is 11.5 Å². The molecule has 2 aromatic carbocycles. The number of hydrogen-bond donors (Lipinski definition) is 1. The van der Waals surface area contributed by atoms with Crippen LogP contribution in [0.1, 0.15) is 77.6 Å². The van der Waals surface area contributed by atoms with E-state index in [0.29, 0.717) is 18.4 Å². The van der Waals surface area contributed by atoms with Gasteiger partial charge < -0.3 is 15.2 Å². The Labute approximate surface area is 184 Å². The Kier molecular flexibility index (Phi) is 8.37. The van der Waals surface area contributed by atoms with Gasteiger partial charge >= 0.3 is 0 Å². The summed E-state index contributed by atoms with van der Waals surface area (Å²) in [5.74, 6) is 3.58. The zero-order valence-electron chi connectivity index (χ0n) is 20.3. The van der Waals surface area contributed by atoms with E-state index in [4.69, 9.17) is 15.2 Å². The van der Waals surface area contributed by atoms with Gasteiger partial charge in [-0.25, -0.2) is 0 Å². The lowest BCUT2D eigenvalue weighted by molar-refractivity contribution is 0.313. The van der Waals surface area contributed by atoms with E-state index in [9.17, 15) is 0 Å². The van der Waals surface area contributed by atoms with E-state index < -0.39 is 5.54 Å². The van der Waals surface area contributed by atoms with E-state index in [2.05, 4.69) is 48.5 Å². The highest BCUT2D eigenvalue weighted by molar-refractivity contribution is 5.63.